The van der Waals surface area contributed by atoms with Crippen molar-refractivity contribution in [2.45, 2.75) is 72.6 Å². The molecular formula is C13H28. The predicted octanol–water partition coefficient (Wildman–Crippen LogP) is 5.03. The Morgan fingerprint density at radius 1 is 0.769 bits per heavy atom. The molecule has 0 aliphatic heterocycles. The van der Waals surface area contributed by atoms with Gasteiger partial charge in [-0.25, -0.2) is 0 Å². The van der Waals surface area contributed by atoms with Crippen LogP contribution in [0, 0.1) is 11.8 Å². The average Bonchev–Trinajstić information content (AvgIpc) is 2.12. The summed E-state index contributed by atoms with van der Waals surface area (Å²) in [5.41, 5.74) is 0. The van der Waals surface area contributed by atoms with E-state index in [9.17, 15) is 0 Å². The molecule has 0 aromatic carbocycles. The van der Waals surface area contributed by atoms with E-state index in [4.69, 9.17) is 0 Å². The topological polar surface area (TPSA) is 0 Å². The first-order chi connectivity index (χ1) is 6.20. The van der Waals surface area contributed by atoms with Gasteiger partial charge in [0, 0.05) is 0 Å². The zero-order valence-electron chi connectivity index (χ0n) is 10.1. The van der Waals surface area contributed by atoms with Crippen LogP contribution in [0.5, 0.6) is 0 Å². The van der Waals surface area contributed by atoms with Gasteiger partial charge in [-0.05, 0) is 11.8 Å². The second kappa shape index (κ2) is 8.59. The highest BCUT2D eigenvalue weighted by Gasteiger charge is 2.02. The first-order valence-corrected chi connectivity index (χ1v) is 6.20. The molecular weight excluding hydrogens is 156 g/mol. The summed E-state index contributed by atoms with van der Waals surface area (Å²) in [4.78, 5) is 0. The van der Waals surface area contributed by atoms with Crippen molar-refractivity contribution >= 4 is 0 Å². The molecule has 0 heterocycles. The summed E-state index contributed by atoms with van der Waals surface area (Å²) in [6.45, 7) is 9.35. The maximum Gasteiger partial charge on any atom is -0.0443 e. The van der Waals surface area contributed by atoms with E-state index in [1.807, 2.05) is 0 Å². The second-order valence-electron chi connectivity index (χ2n) is 4.69. The van der Waals surface area contributed by atoms with Crippen LogP contribution in [0.1, 0.15) is 72.6 Å². The van der Waals surface area contributed by atoms with E-state index in [1.54, 1.807) is 0 Å². The highest BCUT2D eigenvalue weighted by Crippen LogP contribution is 2.17. The summed E-state index contributed by atoms with van der Waals surface area (Å²) in [5, 5.41) is 0. The molecule has 0 saturated heterocycles. The molecule has 0 rings (SSSR count). The van der Waals surface area contributed by atoms with Crippen LogP contribution >= 0.6 is 0 Å². The number of unbranched alkanes of at least 4 members (excludes halogenated alkanes) is 1. The van der Waals surface area contributed by atoms with Crippen LogP contribution in [-0.2, 0) is 0 Å². The molecule has 1 unspecified atom stereocenters. The molecule has 0 aromatic heterocycles. The largest absolute Gasteiger partial charge is 0.0654 e. The molecule has 0 fully saturated rings. The molecule has 0 amide bonds. The van der Waals surface area contributed by atoms with Crippen molar-refractivity contribution in [1.82, 2.24) is 0 Å². The second-order valence-corrected chi connectivity index (χ2v) is 4.69. The summed E-state index contributed by atoms with van der Waals surface area (Å²) >= 11 is 0. The lowest BCUT2D eigenvalue weighted by Crippen LogP contribution is -1.96. The van der Waals surface area contributed by atoms with Gasteiger partial charge in [0.2, 0.25) is 0 Å². The van der Waals surface area contributed by atoms with Crippen molar-refractivity contribution < 1.29 is 0 Å². The van der Waals surface area contributed by atoms with Gasteiger partial charge in [-0.3, -0.25) is 0 Å². The normalized spacial score (nSPS) is 15.7. The molecule has 80 valence electrons. The number of hydrogen-bond donors (Lipinski definition) is 0. The summed E-state index contributed by atoms with van der Waals surface area (Å²) in [6.07, 6.45) is 9.91. The third-order valence-electron chi connectivity index (χ3n) is 3.12. The van der Waals surface area contributed by atoms with Gasteiger partial charge in [-0.1, -0.05) is 72.6 Å². The lowest BCUT2D eigenvalue weighted by atomic mass is 9.95. The number of rotatable bonds is 8. The smallest absolute Gasteiger partial charge is 0.0443 e. The van der Waals surface area contributed by atoms with E-state index in [0.717, 1.165) is 11.8 Å². The van der Waals surface area contributed by atoms with Crippen molar-refractivity contribution in [2.24, 2.45) is 11.8 Å². The van der Waals surface area contributed by atoms with E-state index < -0.39 is 0 Å². The maximum absolute atomic E-state index is 2.40. The highest BCUT2D eigenvalue weighted by molar-refractivity contribution is 4.55. The molecule has 0 radical (unpaired) electrons. The Hall–Kier alpha value is 0. The predicted molar refractivity (Wildman–Crippen MR) is 62.0 cm³/mol. The van der Waals surface area contributed by atoms with Crippen LogP contribution in [0.2, 0.25) is 0 Å². The Labute approximate surface area is 85.1 Å². The zero-order valence-corrected chi connectivity index (χ0v) is 10.1. The molecule has 0 heteroatoms. The maximum atomic E-state index is 2.40. The standard InChI is InChI=1S/C13H28/c1-5-9-13(4)11-8-7-10-12(3)6-2/h12-13H,5-11H2,1-4H3/t12?,13-/m0/s1. The molecule has 0 nitrogen and oxygen atoms in total. The monoisotopic (exact) mass is 184 g/mol. The van der Waals surface area contributed by atoms with Gasteiger partial charge in [0.1, 0.15) is 0 Å². The lowest BCUT2D eigenvalue weighted by molar-refractivity contribution is 0.425. The van der Waals surface area contributed by atoms with Crippen molar-refractivity contribution in [2.75, 3.05) is 0 Å². The van der Waals surface area contributed by atoms with Crippen LogP contribution in [-0.4, -0.2) is 0 Å². The summed E-state index contributed by atoms with van der Waals surface area (Å²) in [5.74, 6) is 1.91. The van der Waals surface area contributed by atoms with Gasteiger partial charge in [0.15, 0.2) is 0 Å². The highest BCUT2D eigenvalue weighted by atomic mass is 14.1. The third-order valence-corrected chi connectivity index (χ3v) is 3.12. The van der Waals surface area contributed by atoms with Gasteiger partial charge in [0.05, 0.1) is 0 Å². The summed E-state index contributed by atoms with van der Waals surface area (Å²) < 4.78 is 0. The van der Waals surface area contributed by atoms with Crippen molar-refractivity contribution in [3.63, 3.8) is 0 Å². The fourth-order valence-corrected chi connectivity index (χ4v) is 1.83. The minimum Gasteiger partial charge on any atom is -0.0654 e. The van der Waals surface area contributed by atoms with E-state index in [1.165, 1.54) is 44.9 Å². The van der Waals surface area contributed by atoms with Crippen LogP contribution in [0.25, 0.3) is 0 Å². The first kappa shape index (κ1) is 13.0. The van der Waals surface area contributed by atoms with Gasteiger partial charge in [0.25, 0.3) is 0 Å². The Morgan fingerprint density at radius 2 is 1.31 bits per heavy atom. The van der Waals surface area contributed by atoms with Crippen molar-refractivity contribution in [3.8, 4) is 0 Å². The van der Waals surface area contributed by atoms with E-state index in [-0.39, 0.29) is 0 Å². The Morgan fingerprint density at radius 3 is 1.77 bits per heavy atom. The van der Waals surface area contributed by atoms with Crippen LogP contribution in [0.15, 0.2) is 0 Å². The molecule has 0 spiro atoms. The Kier molecular flexibility index (Phi) is 8.59. The molecule has 0 aromatic rings. The zero-order chi connectivity index (χ0) is 10.1. The Bertz CT molecular complexity index is 96.2. The van der Waals surface area contributed by atoms with Crippen LogP contribution in [0.4, 0.5) is 0 Å². The minimum absolute atomic E-state index is 0.946. The quantitative estimate of drug-likeness (QED) is 0.464. The average molecular weight is 184 g/mol. The van der Waals surface area contributed by atoms with Crippen LogP contribution < -0.4 is 0 Å². The van der Waals surface area contributed by atoms with Gasteiger partial charge < -0.3 is 0 Å². The lowest BCUT2D eigenvalue weighted by Gasteiger charge is -2.11. The van der Waals surface area contributed by atoms with Crippen LogP contribution in [0.3, 0.4) is 0 Å². The van der Waals surface area contributed by atoms with Gasteiger partial charge in [-0.2, -0.15) is 0 Å². The summed E-state index contributed by atoms with van der Waals surface area (Å²) in [6, 6.07) is 0. The molecule has 0 saturated carbocycles. The van der Waals surface area contributed by atoms with E-state index in [0.29, 0.717) is 0 Å². The van der Waals surface area contributed by atoms with E-state index >= 15 is 0 Å². The van der Waals surface area contributed by atoms with Crippen molar-refractivity contribution in [1.29, 1.82) is 0 Å². The SMILES string of the molecule is CCC[C@H](C)CCCCC(C)CC. The fourth-order valence-electron chi connectivity index (χ4n) is 1.83. The molecule has 2 atom stereocenters. The van der Waals surface area contributed by atoms with Gasteiger partial charge >= 0.3 is 0 Å². The van der Waals surface area contributed by atoms with E-state index in [2.05, 4.69) is 27.7 Å². The summed E-state index contributed by atoms with van der Waals surface area (Å²) in [7, 11) is 0. The number of hydrogen-bond acceptors (Lipinski definition) is 0. The molecule has 0 N–H and O–H groups in total. The molecule has 13 heavy (non-hydrogen) atoms. The van der Waals surface area contributed by atoms with Crippen molar-refractivity contribution in [3.05, 3.63) is 0 Å². The fraction of sp³-hybridized carbons (Fsp3) is 1.00. The molecule has 0 aliphatic rings. The Balaban J connectivity index is 3.15. The first-order valence-electron chi connectivity index (χ1n) is 6.20. The minimum atomic E-state index is 0.946. The molecule has 0 aliphatic carbocycles. The molecule has 0 bridgehead atoms. The third kappa shape index (κ3) is 8.33. The van der Waals surface area contributed by atoms with Gasteiger partial charge in [-0.15, -0.1) is 0 Å².